The van der Waals surface area contributed by atoms with Crippen LogP contribution in [0.15, 0.2) is 18.2 Å². The topological polar surface area (TPSA) is 29.1 Å². The molecule has 0 aliphatic rings. The van der Waals surface area contributed by atoms with Crippen molar-refractivity contribution < 1.29 is 18.0 Å². The van der Waals surface area contributed by atoms with Gasteiger partial charge in [0, 0.05) is 11.1 Å². The van der Waals surface area contributed by atoms with Crippen molar-refractivity contribution in [3.05, 3.63) is 34.9 Å². The maximum atomic E-state index is 12.6. The van der Waals surface area contributed by atoms with E-state index in [-0.39, 0.29) is 5.56 Å². The lowest BCUT2D eigenvalue weighted by atomic mass is 10.0. The average molecular weight is 259 g/mol. The van der Waals surface area contributed by atoms with Gasteiger partial charge in [0.25, 0.3) is 5.91 Å². The van der Waals surface area contributed by atoms with Crippen LogP contribution in [0.5, 0.6) is 0 Å². The summed E-state index contributed by atoms with van der Waals surface area (Å²) in [6, 6.07) is 3.33. The number of carbonyl (C=O) groups is 1. The van der Waals surface area contributed by atoms with Gasteiger partial charge in [0.2, 0.25) is 0 Å². The molecule has 0 atom stereocenters. The van der Waals surface area contributed by atoms with Crippen LogP contribution in [0.2, 0.25) is 0 Å². The van der Waals surface area contributed by atoms with Crippen molar-refractivity contribution in [3.8, 4) is 0 Å². The van der Waals surface area contributed by atoms with Crippen LogP contribution in [0.3, 0.4) is 0 Å². The summed E-state index contributed by atoms with van der Waals surface area (Å²) < 4.78 is 37.9. The molecule has 0 saturated carbocycles. The highest BCUT2D eigenvalue weighted by Gasteiger charge is 2.31. The molecule has 0 aromatic heterocycles. The Labute approximate surface area is 104 Å². The Morgan fingerprint density at radius 1 is 1.11 bits per heavy atom. The van der Waals surface area contributed by atoms with E-state index in [4.69, 9.17) is 0 Å². The second-order valence-corrected chi connectivity index (χ2v) is 5.29. The SMILES string of the molecule is Cc1cc(C(=O)NC(C)(C)C)cc(C(F)(F)F)c1. The molecule has 0 bridgehead atoms. The molecule has 0 radical (unpaired) electrons. The largest absolute Gasteiger partial charge is 0.416 e. The lowest BCUT2D eigenvalue weighted by Gasteiger charge is -2.21. The monoisotopic (exact) mass is 259 g/mol. The fraction of sp³-hybridized carbons (Fsp3) is 0.462. The van der Waals surface area contributed by atoms with Gasteiger partial charge in [0.15, 0.2) is 0 Å². The molecular weight excluding hydrogens is 243 g/mol. The summed E-state index contributed by atoms with van der Waals surface area (Å²) in [5.41, 5.74) is -0.859. The van der Waals surface area contributed by atoms with Crippen LogP contribution < -0.4 is 5.32 Å². The second kappa shape index (κ2) is 4.63. The smallest absolute Gasteiger partial charge is 0.347 e. The summed E-state index contributed by atoms with van der Waals surface area (Å²) in [5, 5.41) is 2.64. The van der Waals surface area contributed by atoms with E-state index in [1.54, 1.807) is 20.8 Å². The summed E-state index contributed by atoms with van der Waals surface area (Å²) in [4.78, 5) is 11.8. The van der Waals surface area contributed by atoms with Gasteiger partial charge in [-0.05, 0) is 51.5 Å². The van der Waals surface area contributed by atoms with Crippen molar-refractivity contribution in [3.63, 3.8) is 0 Å². The standard InChI is InChI=1S/C13H16F3NO/c1-8-5-9(11(18)17-12(2,3)4)7-10(6-8)13(14,15)16/h5-7H,1-4H3,(H,17,18). The summed E-state index contributed by atoms with van der Waals surface area (Å²) in [5.74, 6) is -0.503. The van der Waals surface area contributed by atoms with Crippen LogP contribution in [-0.2, 0) is 6.18 Å². The minimum atomic E-state index is -4.44. The molecule has 0 spiro atoms. The number of amides is 1. The third-order valence-electron chi connectivity index (χ3n) is 2.16. The van der Waals surface area contributed by atoms with Crippen LogP contribution in [-0.4, -0.2) is 11.4 Å². The van der Waals surface area contributed by atoms with Crippen LogP contribution >= 0.6 is 0 Å². The predicted molar refractivity (Wildman–Crippen MR) is 63.4 cm³/mol. The van der Waals surface area contributed by atoms with E-state index in [2.05, 4.69) is 5.32 Å². The van der Waals surface area contributed by atoms with Crippen molar-refractivity contribution in [2.45, 2.75) is 39.4 Å². The molecule has 1 aromatic rings. The average Bonchev–Trinajstić information content (AvgIpc) is 2.12. The zero-order valence-electron chi connectivity index (χ0n) is 10.8. The van der Waals surface area contributed by atoms with Gasteiger partial charge < -0.3 is 5.32 Å². The Hall–Kier alpha value is -1.52. The molecule has 0 fully saturated rings. The predicted octanol–water partition coefficient (Wildman–Crippen LogP) is 3.54. The highest BCUT2D eigenvalue weighted by Crippen LogP contribution is 2.30. The minimum absolute atomic E-state index is 0.0252. The maximum Gasteiger partial charge on any atom is 0.416 e. The molecular formula is C13H16F3NO. The first-order valence-electron chi connectivity index (χ1n) is 5.50. The number of hydrogen-bond donors (Lipinski definition) is 1. The number of rotatable bonds is 1. The Bertz CT molecular complexity index is 458. The van der Waals surface area contributed by atoms with E-state index < -0.39 is 23.2 Å². The molecule has 5 heteroatoms. The van der Waals surface area contributed by atoms with Gasteiger partial charge >= 0.3 is 6.18 Å². The molecule has 1 rings (SSSR count). The zero-order valence-corrected chi connectivity index (χ0v) is 10.8. The molecule has 2 nitrogen and oxygen atoms in total. The van der Waals surface area contributed by atoms with E-state index in [1.807, 2.05) is 0 Å². The lowest BCUT2D eigenvalue weighted by molar-refractivity contribution is -0.137. The fourth-order valence-corrected chi connectivity index (χ4v) is 1.49. The fourth-order valence-electron chi connectivity index (χ4n) is 1.49. The summed E-state index contributed by atoms with van der Waals surface area (Å²) in [6.07, 6.45) is -4.44. The van der Waals surface area contributed by atoms with Crippen molar-refractivity contribution in [1.82, 2.24) is 5.32 Å². The quantitative estimate of drug-likeness (QED) is 0.821. The number of hydrogen-bond acceptors (Lipinski definition) is 1. The van der Waals surface area contributed by atoms with Crippen molar-refractivity contribution >= 4 is 5.91 Å². The molecule has 100 valence electrons. The lowest BCUT2D eigenvalue weighted by Crippen LogP contribution is -2.40. The summed E-state index contributed by atoms with van der Waals surface area (Å²) in [7, 11) is 0. The molecule has 18 heavy (non-hydrogen) atoms. The zero-order chi connectivity index (χ0) is 14.1. The highest BCUT2D eigenvalue weighted by atomic mass is 19.4. The highest BCUT2D eigenvalue weighted by molar-refractivity contribution is 5.95. The van der Waals surface area contributed by atoms with Crippen LogP contribution in [0.25, 0.3) is 0 Å². The van der Waals surface area contributed by atoms with Gasteiger partial charge in [-0.2, -0.15) is 13.2 Å². The number of alkyl halides is 3. The van der Waals surface area contributed by atoms with Crippen LogP contribution in [0.1, 0.15) is 42.3 Å². The van der Waals surface area contributed by atoms with Gasteiger partial charge in [0.1, 0.15) is 0 Å². The molecule has 1 N–H and O–H groups in total. The van der Waals surface area contributed by atoms with E-state index >= 15 is 0 Å². The van der Waals surface area contributed by atoms with E-state index in [9.17, 15) is 18.0 Å². The molecule has 1 aromatic carbocycles. The minimum Gasteiger partial charge on any atom is -0.347 e. The number of carbonyl (C=O) groups excluding carboxylic acids is 1. The van der Waals surface area contributed by atoms with Crippen molar-refractivity contribution in [2.24, 2.45) is 0 Å². The molecule has 0 unspecified atom stereocenters. The van der Waals surface area contributed by atoms with E-state index in [1.165, 1.54) is 13.0 Å². The second-order valence-electron chi connectivity index (χ2n) is 5.29. The summed E-state index contributed by atoms with van der Waals surface area (Å²) >= 11 is 0. The number of halogens is 3. The first-order chi connectivity index (χ1) is 7.99. The molecule has 0 aliphatic heterocycles. The molecule has 0 heterocycles. The first kappa shape index (κ1) is 14.5. The van der Waals surface area contributed by atoms with Crippen molar-refractivity contribution in [2.75, 3.05) is 0 Å². The van der Waals surface area contributed by atoms with Gasteiger partial charge in [-0.15, -0.1) is 0 Å². The first-order valence-corrected chi connectivity index (χ1v) is 5.50. The van der Waals surface area contributed by atoms with Gasteiger partial charge in [0.05, 0.1) is 5.56 Å². The van der Waals surface area contributed by atoms with Crippen LogP contribution in [0.4, 0.5) is 13.2 Å². The Balaban J connectivity index is 3.11. The number of benzene rings is 1. The third-order valence-corrected chi connectivity index (χ3v) is 2.16. The maximum absolute atomic E-state index is 12.6. The van der Waals surface area contributed by atoms with E-state index in [0.29, 0.717) is 5.56 Å². The Kier molecular flexibility index (Phi) is 3.74. The number of nitrogens with one attached hydrogen (secondary N) is 1. The molecule has 1 amide bonds. The van der Waals surface area contributed by atoms with Gasteiger partial charge in [-0.3, -0.25) is 4.79 Å². The normalized spacial score (nSPS) is 12.4. The van der Waals surface area contributed by atoms with Gasteiger partial charge in [-0.1, -0.05) is 0 Å². The molecule has 0 aliphatic carbocycles. The third kappa shape index (κ3) is 4.05. The van der Waals surface area contributed by atoms with E-state index in [0.717, 1.165) is 12.1 Å². The van der Waals surface area contributed by atoms with Crippen molar-refractivity contribution in [1.29, 1.82) is 0 Å². The Morgan fingerprint density at radius 3 is 2.11 bits per heavy atom. The number of aryl methyl sites for hydroxylation is 1. The Morgan fingerprint density at radius 2 is 1.67 bits per heavy atom. The van der Waals surface area contributed by atoms with Crippen LogP contribution in [0, 0.1) is 6.92 Å². The summed E-state index contributed by atoms with van der Waals surface area (Å²) in [6.45, 7) is 6.84. The van der Waals surface area contributed by atoms with Gasteiger partial charge in [-0.25, -0.2) is 0 Å². The molecule has 0 saturated heterocycles.